The van der Waals surface area contributed by atoms with Crippen LogP contribution in [-0.4, -0.2) is 91.8 Å². The lowest BCUT2D eigenvalue weighted by molar-refractivity contribution is -0.141. The predicted molar refractivity (Wildman–Crippen MR) is 204 cm³/mol. The fourth-order valence-corrected chi connectivity index (χ4v) is 7.52. The second kappa shape index (κ2) is 18.8. The molecule has 1 aliphatic heterocycles. The molecule has 2 aromatic heterocycles. The maximum absolute atomic E-state index is 13.4. The third-order valence-corrected chi connectivity index (χ3v) is 10.2. The molecule has 0 spiro atoms. The molecule has 0 aliphatic carbocycles. The molecule has 2 atom stereocenters. The van der Waals surface area contributed by atoms with Gasteiger partial charge in [-0.1, -0.05) is 36.2 Å². The van der Waals surface area contributed by atoms with E-state index >= 15 is 0 Å². The van der Waals surface area contributed by atoms with Crippen LogP contribution in [0.1, 0.15) is 62.5 Å². The summed E-state index contributed by atoms with van der Waals surface area (Å²) in [6.07, 6.45) is 9.20. The van der Waals surface area contributed by atoms with Crippen molar-refractivity contribution in [1.29, 1.82) is 0 Å². The fourth-order valence-electron chi connectivity index (χ4n) is 7.35. The molecule has 4 N–H and O–H groups in total. The number of hydrogen-bond donors (Lipinski definition) is 4. The number of nitrogens with one attached hydrogen (secondary N) is 1. The standard InChI is InChI=1S/C40H48ClN5O7/c1-44-35-19-17-29(41)24-31(35)30(38(44)28-11-9-20-42-25-28)12-3-2-4-15-36(48)45(22-23-47)21-8-7-13-33(40(52)53)43-32-18-16-27-10-5-6-14-34(27)46(39(32)51)26-37(49)50/h5-6,9-11,14,17,19-20,24-25,32-33,43,47H,2-4,7-8,12-13,15-16,18,21-23,26H2,1H3,(H,49,50)(H,52,53)/t32?,33-/m0/s1. The van der Waals surface area contributed by atoms with Gasteiger partial charge < -0.3 is 24.8 Å². The van der Waals surface area contributed by atoms with Gasteiger partial charge in [0.25, 0.3) is 0 Å². The molecule has 13 heteroatoms. The lowest BCUT2D eigenvalue weighted by Crippen LogP contribution is -2.52. The number of anilines is 1. The van der Waals surface area contributed by atoms with Crippen LogP contribution >= 0.6 is 11.6 Å². The number of rotatable bonds is 19. The van der Waals surface area contributed by atoms with Crippen molar-refractivity contribution in [1.82, 2.24) is 19.8 Å². The SMILES string of the molecule is Cn1c(-c2cccnc2)c(CCCCCC(=O)N(CCO)CCCC[C@H](NC2CCc3ccccc3N(CC(=O)O)C2=O)C(=O)O)c2cc(Cl)ccc21. The molecular formula is C40H48ClN5O7. The highest BCUT2D eigenvalue weighted by molar-refractivity contribution is 6.31. The summed E-state index contributed by atoms with van der Waals surface area (Å²) >= 11 is 6.39. The molecule has 282 valence electrons. The molecule has 0 bridgehead atoms. The zero-order valence-electron chi connectivity index (χ0n) is 30.0. The second-order valence-corrected chi connectivity index (χ2v) is 14.0. The van der Waals surface area contributed by atoms with Gasteiger partial charge in [-0.25, -0.2) is 0 Å². The van der Waals surface area contributed by atoms with Crippen molar-refractivity contribution in [2.45, 2.75) is 76.3 Å². The fraction of sp³-hybridized carbons (Fsp3) is 0.425. The van der Waals surface area contributed by atoms with E-state index in [1.54, 1.807) is 23.2 Å². The minimum absolute atomic E-state index is 0.0536. The molecule has 2 aromatic carbocycles. The van der Waals surface area contributed by atoms with Crippen molar-refractivity contribution in [3.05, 3.63) is 83.1 Å². The van der Waals surface area contributed by atoms with Gasteiger partial charge in [0.2, 0.25) is 11.8 Å². The molecule has 5 rings (SSSR count). The summed E-state index contributed by atoms with van der Waals surface area (Å²) < 4.78 is 2.18. The number of amides is 2. The largest absolute Gasteiger partial charge is 0.480 e. The van der Waals surface area contributed by atoms with Gasteiger partial charge in [-0.15, -0.1) is 0 Å². The van der Waals surface area contributed by atoms with Crippen molar-refractivity contribution in [3.63, 3.8) is 0 Å². The third kappa shape index (κ3) is 10.0. The minimum atomic E-state index is -1.16. The van der Waals surface area contributed by atoms with E-state index in [0.717, 1.165) is 47.0 Å². The molecule has 1 unspecified atom stereocenters. The number of carboxylic acids is 2. The maximum Gasteiger partial charge on any atom is 0.323 e. The lowest BCUT2D eigenvalue weighted by Gasteiger charge is -2.27. The molecule has 12 nitrogen and oxygen atoms in total. The maximum atomic E-state index is 13.4. The molecule has 53 heavy (non-hydrogen) atoms. The number of nitrogens with zero attached hydrogens (tertiary/aromatic N) is 4. The van der Waals surface area contributed by atoms with Crippen molar-refractivity contribution in [2.24, 2.45) is 7.05 Å². The van der Waals surface area contributed by atoms with Crippen LogP contribution in [0.2, 0.25) is 5.02 Å². The van der Waals surface area contributed by atoms with E-state index in [0.29, 0.717) is 55.8 Å². The number of fused-ring (bicyclic) bond motifs is 2. The average Bonchev–Trinajstić information content (AvgIpc) is 3.34. The number of carbonyl (C=O) groups excluding carboxylic acids is 2. The number of benzene rings is 2. The molecule has 0 radical (unpaired) electrons. The average molecular weight is 746 g/mol. The number of unbranched alkanes of at least 4 members (excludes halogenated alkanes) is 3. The molecule has 0 fully saturated rings. The third-order valence-electron chi connectivity index (χ3n) is 9.95. The first-order valence-corrected chi connectivity index (χ1v) is 18.6. The number of aromatic nitrogens is 2. The van der Waals surface area contributed by atoms with E-state index in [-0.39, 0.29) is 25.5 Å². The number of halogens is 1. The molecule has 0 saturated heterocycles. The summed E-state index contributed by atoms with van der Waals surface area (Å²) in [6, 6.07) is 15.1. The van der Waals surface area contributed by atoms with Crippen LogP contribution in [0.3, 0.4) is 0 Å². The van der Waals surface area contributed by atoms with Gasteiger partial charge in [-0.2, -0.15) is 0 Å². The first-order chi connectivity index (χ1) is 25.6. The first kappa shape index (κ1) is 39.4. The van der Waals surface area contributed by atoms with Crippen LogP contribution in [0.5, 0.6) is 0 Å². The topological polar surface area (TPSA) is 165 Å². The lowest BCUT2D eigenvalue weighted by atomic mass is 10.00. The number of para-hydroxylation sites is 1. The smallest absolute Gasteiger partial charge is 0.323 e. The zero-order chi connectivity index (χ0) is 37.9. The van der Waals surface area contributed by atoms with Crippen LogP contribution in [0.15, 0.2) is 67.0 Å². The summed E-state index contributed by atoms with van der Waals surface area (Å²) in [6.45, 7) is -0.125. The van der Waals surface area contributed by atoms with Crippen LogP contribution in [-0.2, 0) is 39.1 Å². The highest BCUT2D eigenvalue weighted by Crippen LogP contribution is 2.35. The molecule has 3 heterocycles. The Morgan fingerprint density at radius 2 is 1.83 bits per heavy atom. The van der Waals surface area contributed by atoms with Crippen LogP contribution in [0, 0.1) is 0 Å². The number of hydrogen-bond acceptors (Lipinski definition) is 7. The predicted octanol–water partition coefficient (Wildman–Crippen LogP) is 5.46. The Balaban J connectivity index is 1.11. The van der Waals surface area contributed by atoms with Crippen molar-refractivity contribution in [2.75, 3.05) is 31.1 Å². The molecule has 4 aromatic rings. The number of pyridine rings is 1. The second-order valence-electron chi connectivity index (χ2n) is 13.5. The number of aliphatic carboxylic acids is 2. The Hall–Kier alpha value is -4.78. The Morgan fingerprint density at radius 1 is 1.02 bits per heavy atom. The molecule has 1 aliphatic rings. The number of aryl methyl sites for hydroxylation is 3. The van der Waals surface area contributed by atoms with Crippen LogP contribution in [0.4, 0.5) is 5.69 Å². The van der Waals surface area contributed by atoms with Gasteiger partial charge >= 0.3 is 11.9 Å². The number of carbonyl (C=O) groups is 4. The van der Waals surface area contributed by atoms with E-state index in [1.807, 2.05) is 49.6 Å². The van der Waals surface area contributed by atoms with Crippen LogP contribution in [0.25, 0.3) is 22.2 Å². The van der Waals surface area contributed by atoms with E-state index in [4.69, 9.17) is 11.6 Å². The summed E-state index contributed by atoms with van der Waals surface area (Å²) in [5.74, 6) is -2.79. The summed E-state index contributed by atoms with van der Waals surface area (Å²) in [5.41, 5.74) is 5.78. The Kier molecular flexibility index (Phi) is 14.0. The number of aliphatic hydroxyl groups is 1. The molecule has 0 saturated carbocycles. The monoisotopic (exact) mass is 745 g/mol. The highest BCUT2D eigenvalue weighted by Gasteiger charge is 2.34. The number of aliphatic hydroxyl groups excluding tert-OH is 1. The van der Waals surface area contributed by atoms with Gasteiger partial charge in [0.1, 0.15) is 12.6 Å². The Morgan fingerprint density at radius 3 is 2.57 bits per heavy atom. The van der Waals surface area contributed by atoms with E-state index in [9.17, 15) is 34.5 Å². The van der Waals surface area contributed by atoms with Gasteiger partial charge in [0.05, 0.1) is 18.3 Å². The van der Waals surface area contributed by atoms with Crippen molar-refractivity contribution < 1.29 is 34.5 Å². The first-order valence-electron chi connectivity index (χ1n) is 18.2. The Bertz CT molecular complexity index is 1900. The van der Waals surface area contributed by atoms with Crippen LogP contribution < -0.4 is 10.2 Å². The van der Waals surface area contributed by atoms with Gasteiger partial charge in [-0.3, -0.25) is 34.4 Å². The van der Waals surface area contributed by atoms with E-state index in [2.05, 4.69) is 20.9 Å². The molecular weight excluding hydrogens is 698 g/mol. The van der Waals surface area contributed by atoms with Crippen molar-refractivity contribution >= 4 is 51.9 Å². The van der Waals surface area contributed by atoms with E-state index in [1.165, 1.54) is 10.5 Å². The van der Waals surface area contributed by atoms with Crippen molar-refractivity contribution in [3.8, 4) is 11.3 Å². The highest BCUT2D eigenvalue weighted by atomic mass is 35.5. The number of carboxylic acid groups (broad SMARTS) is 2. The summed E-state index contributed by atoms with van der Waals surface area (Å²) in [7, 11) is 2.05. The van der Waals surface area contributed by atoms with E-state index < -0.39 is 36.5 Å². The normalized spacial score (nSPS) is 14.9. The Labute approximate surface area is 314 Å². The summed E-state index contributed by atoms with van der Waals surface area (Å²) in [4.78, 5) is 57.6. The summed E-state index contributed by atoms with van der Waals surface area (Å²) in [5, 5.41) is 33.9. The molecule has 2 amide bonds. The van der Waals surface area contributed by atoms with Gasteiger partial charge in [0.15, 0.2) is 0 Å². The zero-order valence-corrected chi connectivity index (χ0v) is 30.8. The quantitative estimate of drug-likeness (QED) is 0.0912. The van der Waals surface area contributed by atoms with Gasteiger partial charge in [0, 0.05) is 66.1 Å². The van der Waals surface area contributed by atoms with Gasteiger partial charge in [-0.05, 0) is 98.9 Å². The minimum Gasteiger partial charge on any atom is -0.480 e.